The Morgan fingerprint density at radius 2 is 1.77 bits per heavy atom. The highest BCUT2D eigenvalue weighted by Gasteiger charge is 2.39. The number of fused-ring (bicyclic) bond motifs is 1. The van der Waals surface area contributed by atoms with Crippen molar-refractivity contribution in [3.63, 3.8) is 0 Å². The van der Waals surface area contributed by atoms with E-state index in [9.17, 15) is 22.3 Å². The molecule has 3 fully saturated rings. The standard InChI is InChI=1S/C45H68F2N6O6S2/c1-7-38-42(28-58-44(38)57-19-16-48-25-29(2)3)59-31(6)49-40(22-32-20-33(46)23-34(47)21-32)41(54)27-53(26-30(4)5)61(55,56)37-12-13-39-43(24-37)60-45(51-39)50-35-14-17-52(18-15-35)36-10-8-9-11-36/h12-13,20-21,23-24,29-30,35-36,38,40-42,44,48-49,54H,6-11,14-19,22,25-28H2,1-5H3,(H,50,51)/t38?,40-,41+,42?,44+/m0/s1. The van der Waals surface area contributed by atoms with Gasteiger partial charge in [-0.2, -0.15) is 4.31 Å². The number of halogens is 2. The van der Waals surface area contributed by atoms with E-state index in [1.807, 2.05) is 20.8 Å². The van der Waals surface area contributed by atoms with Gasteiger partial charge in [-0.1, -0.05) is 58.8 Å². The van der Waals surface area contributed by atoms with Crippen molar-refractivity contribution in [3.05, 3.63) is 66.1 Å². The first-order chi connectivity index (χ1) is 29.2. The molecule has 4 N–H and O–H groups in total. The fourth-order valence-electron chi connectivity index (χ4n) is 8.83. The van der Waals surface area contributed by atoms with Crippen molar-refractivity contribution in [2.24, 2.45) is 17.8 Å². The summed E-state index contributed by atoms with van der Waals surface area (Å²) in [5, 5.41) is 22.8. The van der Waals surface area contributed by atoms with Crippen LogP contribution in [-0.2, 0) is 30.7 Å². The Labute approximate surface area is 365 Å². The molecule has 16 heteroatoms. The number of ether oxygens (including phenoxy) is 3. The topological polar surface area (TPSA) is 138 Å². The van der Waals surface area contributed by atoms with Gasteiger partial charge in [-0.25, -0.2) is 22.2 Å². The molecule has 340 valence electrons. The van der Waals surface area contributed by atoms with Crippen LogP contribution in [0.25, 0.3) is 10.2 Å². The first-order valence-corrected chi connectivity index (χ1v) is 24.5. The van der Waals surface area contributed by atoms with Crippen LogP contribution in [0.4, 0.5) is 13.9 Å². The second-order valence-corrected chi connectivity index (χ2v) is 20.8. The van der Waals surface area contributed by atoms with Crippen LogP contribution >= 0.6 is 11.3 Å². The third-order valence-corrected chi connectivity index (χ3v) is 14.8. The molecule has 0 amide bonds. The molecule has 1 aliphatic carbocycles. The van der Waals surface area contributed by atoms with Gasteiger partial charge in [0.05, 0.1) is 40.5 Å². The smallest absolute Gasteiger partial charge is 0.243 e. The van der Waals surface area contributed by atoms with Gasteiger partial charge in [0.25, 0.3) is 0 Å². The number of nitrogens with one attached hydrogen (secondary N) is 3. The van der Waals surface area contributed by atoms with E-state index < -0.39 is 46.2 Å². The Bertz CT molecular complexity index is 1950. The zero-order valence-electron chi connectivity index (χ0n) is 36.6. The number of aliphatic hydroxyl groups is 1. The molecule has 12 nitrogen and oxygen atoms in total. The molecular weight excluding hydrogens is 823 g/mol. The maximum Gasteiger partial charge on any atom is 0.243 e. The maximum absolute atomic E-state index is 14.5. The SMILES string of the molecule is C=C(N[C@@H](Cc1cc(F)cc(F)c1)[C@H](O)CN(CC(C)C)S(=O)(=O)c1ccc2nc(NC3CCN(C4CCCC4)CC3)sc2c1)OC1CO[C@@H](OCCNCC(C)C)C1CC. The molecule has 3 aromatic rings. The molecule has 2 aromatic carbocycles. The average Bonchev–Trinajstić information content (AvgIpc) is 3.97. The van der Waals surface area contributed by atoms with Crippen LogP contribution < -0.4 is 16.0 Å². The summed E-state index contributed by atoms with van der Waals surface area (Å²) < 4.78 is 78.0. The van der Waals surface area contributed by atoms with Gasteiger partial charge in [0.15, 0.2) is 17.3 Å². The van der Waals surface area contributed by atoms with Crippen LogP contribution in [0.5, 0.6) is 0 Å². The Morgan fingerprint density at radius 3 is 2.44 bits per heavy atom. The van der Waals surface area contributed by atoms with Gasteiger partial charge in [-0.15, -0.1) is 0 Å². The summed E-state index contributed by atoms with van der Waals surface area (Å²) in [7, 11) is -4.12. The molecule has 2 aliphatic heterocycles. The summed E-state index contributed by atoms with van der Waals surface area (Å²) in [6.45, 7) is 18.5. The second kappa shape index (κ2) is 22.1. The summed E-state index contributed by atoms with van der Waals surface area (Å²) in [6, 6.07) is 8.22. The molecule has 0 radical (unpaired) electrons. The highest BCUT2D eigenvalue weighted by atomic mass is 32.2. The summed E-state index contributed by atoms with van der Waals surface area (Å²) in [5.41, 5.74) is 0.986. The van der Waals surface area contributed by atoms with Crippen molar-refractivity contribution >= 4 is 36.7 Å². The number of nitrogens with zero attached hydrogens (tertiary/aromatic N) is 3. The number of sulfonamides is 1. The molecule has 61 heavy (non-hydrogen) atoms. The van der Waals surface area contributed by atoms with E-state index in [1.54, 1.807) is 18.2 Å². The highest BCUT2D eigenvalue weighted by Crippen LogP contribution is 2.33. The maximum atomic E-state index is 14.5. The Balaban J connectivity index is 1.13. The van der Waals surface area contributed by atoms with Gasteiger partial charge in [0.1, 0.15) is 17.7 Å². The molecule has 0 bridgehead atoms. The fraction of sp³-hybridized carbons (Fsp3) is 0.667. The predicted octanol–water partition coefficient (Wildman–Crippen LogP) is 7.10. The minimum Gasteiger partial charge on any atom is -0.474 e. The van der Waals surface area contributed by atoms with E-state index in [-0.39, 0.29) is 54.3 Å². The number of aliphatic hydroxyl groups excluding tert-OH is 1. The number of rotatable bonds is 23. The zero-order chi connectivity index (χ0) is 43.7. The number of benzene rings is 2. The van der Waals surface area contributed by atoms with E-state index in [4.69, 9.17) is 19.2 Å². The van der Waals surface area contributed by atoms with Crippen LogP contribution in [0.15, 0.2) is 53.8 Å². The number of hydrogen-bond acceptors (Lipinski definition) is 12. The van der Waals surface area contributed by atoms with Crippen molar-refractivity contribution in [2.45, 2.75) is 128 Å². The number of piperidine rings is 1. The lowest BCUT2D eigenvalue weighted by atomic mass is 10.0. The van der Waals surface area contributed by atoms with Crippen LogP contribution in [0, 0.1) is 29.4 Å². The van der Waals surface area contributed by atoms with E-state index in [0.29, 0.717) is 37.0 Å². The molecule has 1 aromatic heterocycles. The minimum absolute atomic E-state index is 0.0521. The van der Waals surface area contributed by atoms with Crippen molar-refractivity contribution in [3.8, 4) is 0 Å². The van der Waals surface area contributed by atoms with Gasteiger partial charge >= 0.3 is 0 Å². The van der Waals surface area contributed by atoms with Gasteiger partial charge in [-0.05, 0) is 99.4 Å². The summed E-state index contributed by atoms with van der Waals surface area (Å²) in [6.07, 6.45) is 5.79. The number of hydrogen-bond donors (Lipinski definition) is 4. The molecule has 3 aliphatic rings. The first kappa shape index (κ1) is 47.5. The minimum atomic E-state index is -4.12. The molecule has 0 spiro atoms. The van der Waals surface area contributed by atoms with E-state index in [1.165, 1.54) is 53.5 Å². The van der Waals surface area contributed by atoms with E-state index in [0.717, 1.165) is 54.4 Å². The molecule has 6 rings (SSSR count). The molecule has 1 saturated carbocycles. The second-order valence-electron chi connectivity index (χ2n) is 17.9. The molecule has 2 unspecified atom stereocenters. The predicted molar refractivity (Wildman–Crippen MR) is 238 cm³/mol. The molecule has 5 atom stereocenters. The van der Waals surface area contributed by atoms with Crippen molar-refractivity contribution in [1.82, 2.24) is 24.8 Å². The normalized spacial score (nSPS) is 21.9. The van der Waals surface area contributed by atoms with E-state index in [2.05, 4.69) is 41.3 Å². The molecule has 3 heterocycles. The van der Waals surface area contributed by atoms with Crippen LogP contribution in [-0.4, -0.2) is 117 Å². The van der Waals surface area contributed by atoms with Crippen LogP contribution in [0.2, 0.25) is 0 Å². The zero-order valence-corrected chi connectivity index (χ0v) is 38.2. The first-order valence-electron chi connectivity index (χ1n) is 22.3. The lowest BCUT2D eigenvalue weighted by molar-refractivity contribution is -0.131. The monoisotopic (exact) mass is 890 g/mol. The number of likely N-dealkylation sites (tertiary alicyclic amines) is 1. The molecule has 2 saturated heterocycles. The van der Waals surface area contributed by atoms with Crippen molar-refractivity contribution < 1.29 is 36.5 Å². The van der Waals surface area contributed by atoms with Crippen molar-refractivity contribution in [1.29, 1.82) is 0 Å². The Hall–Kier alpha value is -2.96. The Kier molecular flexibility index (Phi) is 17.2. The number of aromatic nitrogens is 1. The Morgan fingerprint density at radius 1 is 1.05 bits per heavy atom. The van der Waals surface area contributed by atoms with Crippen LogP contribution in [0.3, 0.4) is 0 Å². The molecular formula is C45H68F2N6O6S2. The number of thiazole rings is 1. The van der Waals surface area contributed by atoms with Gasteiger partial charge in [-0.3, -0.25) is 0 Å². The fourth-order valence-corrected chi connectivity index (χ4v) is 11.5. The number of anilines is 1. The third-order valence-electron chi connectivity index (χ3n) is 12.0. The summed E-state index contributed by atoms with van der Waals surface area (Å²) in [4.78, 5) is 7.52. The van der Waals surface area contributed by atoms with E-state index >= 15 is 0 Å². The summed E-state index contributed by atoms with van der Waals surface area (Å²) >= 11 is 1.44. The van der Waals surface area contributed by atoms with Gasteiger partial charge in [0, 0.05) is 56.8 Å². The van der Waals surface area contributed by atoms with Crippen molar-refractivity contribution in [2.75, 3.05) is 57.8 Å². The quantitative estimate of drug-likeness (QED) is 0.0574. The van der Waals surface area contributed by atoms with Gasteiger partial charge in [0.2, 0.25) is 10.0 Å². The average molecular weight is 891 g/mol. The lowest BCUT2D eigenvalue weighted by Gasteiger charge is -2.36. The summed E-state index contributed by atoms with van der Waals surface area (Å²) in [5.74, 6) is -1.06. The highest BCUT2D eigenvalue weighted by molar-refractivity contribution is 7.89. The lowest BCUT2D eigenvalue weighted by Crippen LogP contribution is -2.49. The van der Waals surface area contributed by atoms with Gasteiger partial charge < -0.3 is 40.2 Å². The third kappa shape index (κ3) is 13.3. The largest absolute Gasteiger partial charge is 0.474 e. The van der Waals surface area contributed by atoms with Crippen LogP contribution in [0.1, 0.15) is 85.1 Å².